The van der Waals surface area contributed by atoms with Crippen LogP contribution in [0.2, 0.25) is 0 Å². The van der Waals surface area contributed by atoms with Crippen molar-refractivity contribution in [2.45, 2.75) is 19.0 Å². The van der Waals surface area contributed by atoms with Gasteiger partial charge in [-0.25, -0.2) is 0 Å². The van der Waals surface area contributed by atoms with Crippen LogP contribution in [0.3, 0.4) is 0 Å². The molecule has 1 aliphatic rings. The van der Waals surface area contributed by atoms with E-state index in [1.54, 1.807) is 0 Å². The van der Waals surface area contributed by atoms with Crippen molar-refractivity contribution in [2.24, 2.45) is 0 Å². The third-order valence-corrected chi connectivity index (χ3v) is 3.32. The van der Waals surface area contributed by atoms with Crippen LogP contribution in [-0.2, 0) is 22.5 Å². The van der Waals surface area contributed by atoms with E-state index in [0.717, 1.165) is 5.52 Å². The number of hydrogen-bond donors (Lipinski definition) is 2. The van der Waals surface area contributed by atoms with E-state index in [1.165, 1.54) is 23.8 Å². The fourth-order valence-corrected chi connectivity index (χ4v) is 2.45. The van der Waals surface area contributed by atoms with Crippen molar-refractivity contribution in [2.75, 3.05) is 7.11 Å². The SMILES string of the molecule is COC(=O)[C@H]1Cc2c([nH]c3ccccc23)CN1.Cl. The third-order valence-electron chi connectivity index (χ3n) is 3.32. The van der Waals surface area contributed by atoms with Crippen LogP contribution < -0.4 is 5.32 Å². The molecule has 0 radical (unpaired) electrons. The van der Waals surface area contributed by atoms with Crippen molar-refractivity contribution in [1.82, 2.24) is 10.3 Å². The third kappa shape index (κ3) is 1.98. The molecule has 0 saturated carbocycles. The summed E-state index contributed by atoms with van der Waals surface area (Å²) in [6.07, 6.45) is 0.687. The fourth-order valence-electron chi connectivity index (χ4n) is 2.45. The van der Waals surface area contributed by atoms with E-state index in [2.05, 4.69) is 22.4 Å². The van der Waals surface area contributed by atoms with Gasteiger partial charge in [-0.3, -0.25) is 10.1 Å². The van der Waals surface area contributed by atoms with Crippen molar-refractivity contribution in [1.29, 1.82) is 0 Å². The number of hydrogen-bond acceptors (Lipinski definition) is 3. The summed E-state index contributed by atoms with van der Waals surface area (Å²) in [5.41, 5.74) is 3.53. The summed E-state index contributed by atoms with van der Waals surface area (Å²) in [5, 5.41) is 4.39. The van der Waals surface area contributed by atoms with Crippen LogP contribution in [0.15, 0.2) is 24.3 Å². The molecule has 96 valence electrons. The van der Waals surface area contributed by atoms with E-state index in [4.69, 9.17) is 4.74 Å². The molecule has 4 nitrogen and oxygen atoms in total. The number of carbonyl (C=O) groups excluding carboxylic acids is 1. The molecule has 0 fully saturated rings. The molecule has 0 aliphatic carbocycles. The van der Waals surface area contributed by atoms with Crippen LogP contribution in [0.25, 0.3) is 10.9 Å². The number of esters is 1. The smallest absolute Gasteiger partial charge is 0.323 e. The lowest BCUT2D eigenvalue weighted by molar-refractivity contribution is -0.143. The van der Waals surface area contributed by atoms with E-state index >= 15 is 0 Å². The number of H-pyrrole nitrogens is 1. The number of fused-ring (bicyclic) bond motifs is 3. The maximum absolute atomic E-state index is 11.5. The van der Waals surface area contributed by atoms with E-state index in [-0.39, 0.29) is 24.4 Å². The molecule has 0 spiro atoms. The number of benzene rings is 1. The molecule has 0 amide bonds. The lowest BCUT2D eigenvalue weighted by atomic mass is 9.99. The lowest BCUT2D eigenvalue weighted by Gasteiger charge is -2.21. The number of carbonyl (C=O) groups is 1. The van der Waals surface area contributed by atoms with Crippen molar-refractivity contribution in [3.63, 3.8) is 0 Å². The summed E-state index contributed by atoms with van der Waals surface area (Å²) in [6, 6.07) is 7.94. The van der Waals surface area contributed by atoms with Gasteiger partial charge in [-0.05, 0) is 11.6 Å². The molecule has 1 aliphatic heterocycles. The molecule has 0 unspecified atom stereocenters. The second-order valence-electron chi connectivity index (χ2n) is 4.29. The first-order valence-corrected chi connectivity index (χ1v) is 5.69. The summed E-state index contributed by atoms with van der Waals surface area (Å²) in [4.78, 5) is 14.9. The molecule has 18 heavy (non-hydrogen) atoms. The van der Waals surface area contributed by atoms with Gasteiger partial charge >= 0.3 is 5.97 Å². The highest BCUT2D eigenvalue weighted by molar-refractivity contribution is 5.86. The molecule has 1 aromatic heterocycles. The number of aromatic amines is 1. The zero-order valence-electron chi connectivity index (χ0n) is 10.0. The van der Waals surface area contributed by atoms with Crippen LogP contribution >= 0.6 is 12.4 Å². The Balaban J connectivity index is 0.00000120. The van der Waals surface area contributed by atoms with Gasteiger partial charge in [0.05, 0.1) is 7.11 Å². The highest BCUT2D eigenvalue weighted by Gasteiger charge is 2.27. The molecule has 0 saturated heterocycles. The molecule has 2 N–H and O–H groups in total. The molecular formula is C13H15ClN2O2. The van der Waals surface area contributed by atoms with E-state index in [0.29, 0.717) is 13.0 Å². The minimum Gasteiger partial charge on any atom is -0.468 e. The normalized spacial score (nSPS) is 17.9. The number of ether oxygens (including phenoxy) is 1. The Kier molecular flexibility index (Phi) is 3.59. The quantitative estimate of drug-likeness (QED) is 0.774. The highest BCUT2D eigenvalue weighted by Crippen LogP contribution is 2.26. The summed E-state index contributed by atoms with van der Waals surface area (Å²) < 4.78 is 4.78. The maximum atomic E-state index is 11.5. The van der Waals surface area contributed by atoms with Crippen LogP contribution in [-0.4, -0.2) is 24.1 Å². The zero-order chi connectivity index (χ0) is 11.8. The number of halogens is 1. The van der Waals surface area contributed by atoms with E-state index in [1.807, 2.05) is 12.1 Å². The lowest BCUT2D eigenvalue weighted by Crippen LogP contribution is -2.42. The van der Waals surface area contributed by atoms with Crippen LogP contribution in [0.5, 0.6) is 0 Å². The number of nitrogens with one attached hydrogen (secondary N) is 2. The van der Waals surface area contributed by atoms with Gasteiger partial charge in [-0.15, -0.1) is 12.4 Å². The Morgan fingerprint density at radius 2 is 2.17 bits per heavy atom. The van der Waals surface area contributed by atoms with Gasteiger partial charge < -0.3 is 9.72 Å². The van der Waals surface area contributed by atoms with Gasteiger partial charge in [0.15, 0.2) is 0 Å². The molecule has 2 heterocycles. The average molecular weight is 267 g/mol. The minimum absolute atomic E-state index is 0. The summed E-state index contributed by atoms with van der Waals surface area (Å²) in [5.74, 6) is -0.194. The Hall–Kier alpha value is -1.52. The Morgan fingerprint density at radius 3 is 2.94 bits per heavy atom. The number of para-hydroxylation sites is 1. The highest BCUT2D eigenvalue weighted by atomic mass is 35.5. The van der Waals surface area contributed by atoms with Gasteiger partial charge in [0.1, 0.15) is 6.04 Å². The first kappa shape index (κ1) is 12.9. The summed E-state index contributed by atoms with van der Waals surface area (Å²) in [6.45, 7) is 0.684. The second-order valence-corrected chi connectivity index (χ2v) is 4.29. The van der Waals surface area contributed by atoms with E-state index in [9.17, 15) is 4.79 Å². The topological polar surface area (TPSA) is 54.1 Å². The van der Waals surface area contributed by atoms with Crippen LogP contribution in [0, 0.1) is 0 Å². The standard InChI is InChI=1S/C13H14N2O2.ClH/c1-17-13(16)11-6-9-8-4-2-3-5-10(8)15-12(9)7-14-11;/h2-5,11,14-15H,6-7H2,1H3;1H/t11-;/m1./s1. The molecule has 2 aromatic rings. The largest absolute Gasteiger partial charge is 0.468 e. The van der Waals surface area contributed by atoms with Crippen molar-refractivity contribution >= 4 is 29.3 Å². The van der Waals surface area contributed by atoms with Gasteiger partial charge in [-0.1, -0.05) is 18.2 Å². The van der Waals surface area contributed by atoms with Gasteiger partial charge in [0.25, 0.3) is 0 Å². The Labute approximate surface area is 111 Å². The zero-order valence-corrected chi connectivity index (χ0v) is 10.8. The molecule has 1 atom stereocenters. The van der Waals surface area contributed by atoms with Crippen molar-refractivity contribution in [3.05, 3.63) is 35.5 Å². The Bertz CT molecular complexity index is 579. The monoisotopic (exact) mass is 266 g/mol. The van der Waals surface area contributed by atoms with Gasteiger partial charge in [-0.2, -0.15) is 0 Å². The maximum Gasteiger partial charge on any atom is 0.323 e. The average Bonchev–Trinajstić information content (AvgIpc) is 2.75. The summed E-state index contributed by atoms with van der Waals surface area (Å²) >= 11 is 0. The predicted molar refractivity (Wildman–Crippen MR) is 71.9 cm³/mol. The first-order chi connectivity index (χ1) is 8.29. The van der Waals surface area contributed by atoms with Gasteiger partial charge in [0, 0.05) is 29.6 Å². The fraction of sp³-hybridized carbons (Fsp3) is 0.308. The van der Waals surface area contributed by atoms with Crippen molar-refractivity contribution < 1.29 is 9.53 Å². The molecule has 3 rings (SSSR count). The minimum atomic E-state index is -0.230. The Morgan fingerprint density at radius 1 is 1.39 bits per heavy atom. The molecule has 5 heteroatoms. The van der Waals surface area contributed by atoms with Crippen molar-refractivity contribution in [3.8, 4) is 0 Å². The molecule has 1 aromatic carbocycles. The molecule has 0 bridgehead atoms. The predicted octanol–water partition coefficient (Wildman–Crippen LogP) is 1.78. The first-order valence-electron chi connectivity index (χ1n) is 5.69. The second kappa shape index (κ2) is 5.00. The number of rotatable bonds is 1. The van der Waals surface area contributed by atoms with Gasteiger partial charge in [0.2, 0.25) is 0 Å². The molecular weight excluding hydrogens is 252 g/mol. The van der Waals surface area contributed by atoms with Crippen LogP contribution in [0.4, 0.5) is 0 Å². The van der Waals surface area contributed by atoms with E-state index < -0.39 is 0 Å². The van der Waals surface area contributed by atoms with Crippen LogP contribution in [0.1, 0.15) is 11.3 Å². The number of aromatic nitrogens is 1. The summed E-state index contributed by atoms with van der Waals surface area (Å²) in [7, 11) is 1.43. The number of methoxy groups -OCH3 is 1.